The van der Waals surface area contributed by atoms with Gasteiger partial charge in [-0.25, -0.2) is 15.0 Å². The van der Waals surface area contributed by atoms with Crippen molar-refractivity contribution in [1.82, 2.24) is 19.9 Å². The summed E-state index contributed by atoms with van der Waals surface area (Å²) in [4.78, 5) is 19.8. The number of para-hydroxylation sites is 1. The van der Waals surface area contributed by atoms with Gasteiger partial charge in [-0.1, -0.05) is 115 Å². The first kappa shape index (κ1) is 28.5. The molecule has 4 heterocycles. The molecule has 234 valence electrons. The Balaban J connectivity index is 1.25. The molecule has 0 aliphatic heterocycles. The number of nitrogens with zero attached hydrogens (tertiary/aromatic N) is 4. The second-order valence-electron chi connectivity index (χ2n) is 12.2. The van der Waals surface area contributed by atoms with E-state index >= 15 is 0 Å². The summed E-state index contributed by atoms with van der Waals surface area (Å²) in [7, 11) is 0. The molecule has 10 rings (SSSR count). The Morgan fingerprint density at radius 2 is 1.10 bits per heavy atom. The lowest BCUT2D eigenvalue weighted by atomic mass is 9.96. The molecule has 6 aromatic carbocycles. The zero-order chi connectivity index (χ0) is 33.0. The van der Waals surface area contributed by atoms with Gasteiger partial charge in [0.25, 0.3) is 0 Å². The van der Waals surface area contributed by atoms with Crippen LogP contribution in [-0.2, 0) is 0 Å². The maximum Gasteiger partial charge on any atom is 0.164 e. The Kier molecular flexibility index (Phi) is 6.60. The first-order valence-electron chi connectivity index (χ1n) is 16.5. The topological polar surface area (TPSA) is 64.7 Å². The van der Waals surface area contributed by atoms with Crippen LogP contribution in [-0.4, -0.2) is 19.9 Å². The van der Waals surface area contributed by atoms with Gasteiger partial charge in [0, 0.05) is 76.7 Å². The predicted octanol–water partition coefficient (Wildman–Crippen LogP) is 11.9. The summed E-state index contributed by atoms with van der Waals surface area (Å²) < 4.78 is 9.26. The fraction of sp³-hybridized carbons (Fsp3) is 0. The number of rotatable bonds is 5. The number of pyridine rings is 1. The van der Waals surface area contributed by atoms with Crippen LogP contribution in [0, 0.1) is 0 Å². The summed E-state index contributed by atoms with van der Waals surface area (Å²) in [6, 6.07) is 50.0. The maximum absolute atomic E-state index is 6.76. The molecule has 50 heavy (non-hydrogen) atoms. The van der Waals surface area contributed by atoms with Crippen LogP contribution in [0.15, 0.2) is 162 Å². The molecule has 10 aromatic rings. The molecule has 4 aromatic heterocycles. The standard InChI is InChI=1S/C44H26N4OS/c1-2-12-27(13-3-1)42-46-43(34-17-5-4-15-29(34)28-14-11-25-45-26-28)48-44(47-42)36-24-23-31(40-39(36)35-18-6-8-21-37(35)49-40)33-20-10-19-32-30-16-7-9-22-38(30)50-41(32)33/h1-26H. The van der Waals surface area contributed by atoms with Crippen molar-refractivity contribution in [3.8, 4) is 56.4 Å². The van der Waals surface area contributed by atoms with Crippen LogP contribution in [0.1, 0.15) is 0 Å². The molecule has 6 heteroatoms. The van der Waals surface area contributed by atoms with Crippen molar-refractivity contribution < 1.29 is 4.42 Å². The minimum Gasteiger partial charge on any atom is -0.455 e. The van der Waals surface area contributed by atoms with E-state index in [1.54, 1.807) is 6.20 Å². The number of aromatic nitrogens is 4. The first-order chi connectivity index (χ1) is 24.8. The van der Waals surface area contributed by atoms with Crippen molar-refractivity contribution in [2.24, 2.45) is 0 Å². The fourth-order valence-electron chi connectivity index (χ4n) is 6.97. The van der Waals surface area contributed by atoms with Crippen LogP contribution in [0.3, 0.4) is 0 Å². The lowest BCUT2D eigenvalue weighted by molar-refractivity contribution is 0.670. The Morgan fingerprint density at radius 3 is 1.96 bits per heavy atom. The van der Waals surface area contributed by atoms with Gasteiger partial charge in [0.1, 0.15) is 11.2 Å². The van der Waals surface area contributed by atoms with E-state index in [9.17, 15) is 0 Å². The quantitative estimate of drug-likeness (QED) is 0.184. The molecule has 5 nitrogen and oxygen atoms in total. The molecule has 0 aliphatic carbocycles. The Hall–Kier alpha value is -6.50. The third-order valence-electron chi connectivity index (χ3n) is 9.27. The van der Waals surface area contributed by atoms with Crippen LogP contribution in [0.5, 0.6) is 0 Å². The molecule has 0 saturated heterocycles. The second-order valence-corrected chi connectivity index (χ2v) is 13.3. The molecule has 0 saturated carbocycles. The summed E-state index contributed by atoms with van der Waals surface area (Å²) in [5, 5.41) is 4.51. The lowest BCUT2D eigenvalue weighted by Crippen LogP contribution is -2.01. The number of hydrogen-bond acceptors (Lipinski definition) is 6. The smallest absolute Gasteiger partial charge is 0.164 e. The van der Waals surface area contributed by atoms with Crippen molar-refractivity contribution in [1.29, 1.82) is 0 Å². The summed E-state index contributed by atoms with van der Waals surface area (Å²) in [6.45, 7) is 0. The van der Waals surface area contributed by atoms with Crippen LogP contribution in [0.4, 0.5) is 0 Å². The molecule has 0 N–H and O–H groups in total. The van der Waals surface area contributed by atoms with E-state index in [0.717, 1.165) is 60.9 Å². The average molecular weight is 659 g/mol. The largest absolute Gasteiger partial charge is 0.455 e. The van der Waals surface area contributed by atoms with Crippen LogP contribution in [0.25, 0.3) is 98.5 Å². The third-order valence-corrected chi connectivity index (χ3v) is 10.5. The second kappa shape index (κ2) is 11.6. The molecule has 0 unspecified atom stereocenters. The van der Waals surface area contributed by atoms with Gasteiger partial charge >= 0.3 is 0 Å². The SMILES string of the molecule is c1ccc(-c2nc(-c3ccccc3-c3cccnc3)nc(-c3ccc(-c4cccc5c4sc4ccccc45)c4oc5ccccc5c34)n2)cc1. The van der Waals surface area contributed by atoms with E-state index in [1.807, 2.05) is 78.2 Å². The summed E-state index contributed by atoms with van der Waals surface area (Å²) in [5.74, 6) is 1.78. The lowest BCUT2D eigenvalue weighted by Gasteiger charge is -2.13. The van der Waals surface area contributed by atoms with Gasteiger partial charge in [0.05, 0.1) is 0 Å². The van der Waals surface area contributed by atoms with Crippen molar-refractivity contribution in [2.75, 3.05) is 0 Å². The van der Waals surface area contributed by atoms with E-state index in [0.29, 0.717) is 17.5 Å². The van der Waals surface area contributed by atoms with Crippen LogP contribution >= 0.6 is 11.3 Å². The average Bonchev–Trinajstić information content (AvgIpc) is 3.77. The molecule has 0 radical (unpaired) electrons. The normalized spacial score (nSPS) is 11.6. The number of thiophene rings is 1. The summed E-state index contributed by atoms with van der Waals surface area (Å²) in [5.41, 5.74) is 8.52. The molecular formula is C44H26N4OS. The predicted molar refractivity (Wildman–Crippen MR) is 205 cm³/mol. The highest BCUT2D eigenvalue weighted by Crippen LogP contribution is 2.46. The first-order valence-corrected chi connectivity index (χ1v) is 17.3. The molecular weight excluding hydrogens is 633 g/mol. The Labute approximate surface area is 291 Å². The van der Waals surface area contributed by atoms with Crippen LogP contribution < -0.4 is 0 Å². The van der Waals surface area contributed by atoms with Gasteiger partial charge < -0.3 is 4.42 Å². The van der Waals surface area contributed by atoms with Gasteiger partial charge in [0.2, 0.25) is 0 Å². The number of furan rings is 1. The zero-order valence-electron chi connectivity index (χ0n) is 26.6. The van der Waals surface area contributed by atoms with Crippen molar-refractivity contribution >= 4 is 53.4 Å². The summed E-state index contributed by atoms with van der Waals surface area (Å²) >= 11 is 1.82. The van der Waals surface area contributed by atoms with Crippen molar-refractivity contribution in [2.45, 2.75) is 0 Å². The monoisotopic (exact) mass is 658 g/mol. The van der Waals surface area contributed by atoms with Gasteiger partial charge in [-0.15, -0.1) is 11.3 Å². The number of fused-ring (bicyclic) bond motifs is 6. The number of benzene rings is 6. The van der Waals surface area contributed by atoms with Gasteiger partial charge in [-0.3, -0.25) is 4.98 Å². The van der Waals surface area contributed by atoms with E-state index < -0.39 is 0 Å². The maximum atomic E-state index is 6.76. The number of hydrogen-bond donors (Lipinski definition) is 0. The highest BCUT2D eigenvalue weighted by molar-refractivity contribution is 7.26. The van der Waals surface area contributed by atoms with E-state index in [1.165, 1.54) is 20.2 Å². The highest BCUT2D eigenvalue weighted by Gasteiger charge is 2.22. The Morgan fingerprint density at radius 1 is 0.440 bits per heavy atom. The van der Waals surface area contributed by atoms with Gasteiger partial charge in [-0.2, -0.15) is 0 Å². The van der Waals surface area contributed by atoms with Gasteiger partial charge in [-0.05, 0) is 35.9 Å². The van der Waals surface area contributed by atoms with Crippen molar-refractivity contribution in [3.63, 3.8) is 0 Å². The van der Waals surface area contributed by atoms with E-state index in [-0.39, 0.29) is 0 Å². The molecule has 0 bridgehead atoms. The molecule has 0 aliphatic rings. The minimum absolute atomic E-state index is 0.581. The minimum atomic E-state index is 0.581. The van der Waals surface area contributed by atoms with E-state index in [4.69, 9.17) is 19.4 Å². The highest BCUT2D eigenvalue weighted by atomic mass is 32.1. The molecule has 0 fully saturated rings. The molecule has 0 spiro atoms. The van der Waals surface area contributed by atoms with Crippen molar-refractivity contribution in [3.05, 3.63) is 158 Å². The van der Waals surface area contributed by atoms with Crippen LogP contribution in [0.2, 0.25) is 0 Å². The van der Waals surface area contributed by atoms with E-state index in [2.05, 4.69) is 89.9 Å². The third kappa shape index (κ3) is 4.61. The van der Waals surface area contributed by atoms with Gasteiger partial charge in [0.15, 0.2) is 17.5 Å². The molecule has 0 amide bonds. The molecule has 0 atom stereocenters. The fourth-order valence-corrected chi connectivity index (χ4v) is 8.20. The zero-order valence-corrected chi connectivity index (χ0v) is 27.4. The summed E-state index contributed by atoms with van der Waals surface area (Å²) in [6.07, 6.45) is 3.65. The Bertz CT molecular complexity index is 2880.